The standard InChI is InChI=1S/C21H21F3N4O3/c22-21(23,24)20-26-17(27-31-20)12-7-8-13-10-28(19(30)14(13)9-12)16-4-2-1-3-15(16)25-18(29)11-5-6-11/h7-9,11,15-16H,1-6,10H2,(H,25,29)/t15-,16-/m1/s1. The minimum atomic E-state index is -4.73. The summed E-state index contributed by atoms with van der Waals surface area (Å²) in [4.78, 5) is 30.7. The summed E-state index contributed by atoms with van der Waals surface area (Å²) in [6.45, 7) is 0.412. The molecular weight excluding hydrogens is 413 g/mol. The molecule has 1 aromatic carbocycles. The summed E-state index contributed by atoms with van der Waals surface area (Å²) in [5.41, 5.74) is 1.51. The molecule has 2 amide bonds. The monoisotopic (exact) mass is 434 g/mol. The van der Waals surface area contributed by atoms with Crippen molar-refractivity contribution in [3.05, 3.63) is 35.2 Å². The fourth-order valence-electron chi connectivity index (χ4n) is 4.49. The molecule has 7 nitrogen and oxygen atoms in total. The molecule has 1 aliphatic heterocycles. The number of rotatable bonds is 4. The molecule has 1 aromatic heterocycles. The smallest absolute Gasteiger partial charge is 0.351 e. The van der Waals surface area contributed by atoms with Crippen molar-refractivity contribution in [2.75, 3.05) is 0 Å². The number of benzene rings is 1. The molecule has 2 aliphatic carbocycles. The van der Waals surface area contributed by atoms with Crippen LogP contribution < -0.4 is 5.32 Å². The topological polar surface area (TPSA) is 88.3 Å². The van der Waals surface area contributed by atoms with E-state index in [-0.39, 0.29) is 41.2 Å². The lowest BCUT2D eigenvalue weighted by molar-refractivity contribution is -0.159. The summed E-state index contributed by atoms with van der Waals surface area (Å²) < 4.78 is 42.5. The van der Waals surface area contributed by atoms with Gasteiger partial charge in [0.05, 0.1) is 6.04 Å². The van der Waals surface area contributed by atoms with Gasteiger partial charge in [-0.15, -0.1) is 0 Å². The number of aromatic nitrogens is 2. The van der Waals surface area contributed by atoms with Crippen LogP contribution in [0.5, 0.6) is 0 Å². The molecule has 0 unspecified atom stereocenters. The van der Waals surface area contributed by atoms with E-state index in [0.717, 1.165) is 44.1 Å². The molecule has 2 heterocycles. The number of alkyl halides is 3. The van der Waals surface area contributed by atoms with Gasteiger partial charge in [0.1, 0.15) is 0 Å². The van der Waals surface area contributed by atoms with Crippen molar-refractivity contribution >= 4 is 11.8 Å². The number of nitrogens with zero attached hydrogens (tertiary/aromatic N) is 3. The Balaban J connectivity index is 1.37. The lowest BCUT2D eigenvalue weighted by atomic mass is 9.89. The van der Waals surface area contributed by atoms with Gasteiger partial charge in [-0.3, -0.25) is 9.59 Å². The van der Waals surface area contributed by atoms with E-state index in [1.165, 1.54) is 6.07 Å². The predicted molar refractivity (Wildman–Crippen MR) is 102 cm³/mol. The summed E-state index contributed by atoms with van der Waals surface area (Å²) in [7, 11) is 0. The first-order chi connectivity index (χ1) is 14.8. The third-order valence-corrected chi connectivity index (χ3v) is 6.27. The maximum Gasteiger partial charge on any atom is 0.471 e. The number of hydrogen-bond donors (Lipinski definition) is 1. The summed E-state index contributed by atoms with van der Waals surface area (Å²) in [5.74, 6) is -1.65. The van der Waals surface area contributed by atoms with Crippen molar-refractivity contribution in [3.8, 4) is 11.4 Å². The van der Waals surface area contributed by atoms with Gasteiger partial charge in [-0.25, -0.2) is 0 Å². The van der Waals surface area contributed by atoms with E-state index in [2.05, 4.69) is 20.0 Å². The molecule has 2 atom stereocenters. The van der Waals surface area contributed by atoms with Crippen LogP contribution in [0.25, 0.3) is 11.4 Å². The highest BCUT2D eigenvalue weighted by Crippen LogP contribution is 2.35. The normalized spacial score (nSPS) is 23.7. The van der Waals surface area contributed by atoms with E-state index < -0.39 is 12.1 Å². The summed E-state index contributed by atoms with van der Waals surface area (Å²) in [6.07, 6.45) is 0.743. The Hall–Kier alpha value is -2.91. The van der Waals surface area contributed by atoms with E-state index in [4.69, 9.17) is 0 Å². The average molecular weight is 434 g/mol. The van der Waals surface area contributed by atoms with Crippen LogP contribution in [0.3, 0.4) is 0 Å². The molecule has 5 rings (SSSR count). The fourth-order valence-corrected chi connectivity index (χ4v) is 4.49. The average Bonchev–Trinajstić information content (AvgIpc) is 3.38. The molecule has 164 valence electrons. The molecule has 3 aliphatic rings. The summed E-state index contributed by atoms with van der Waals surface area (Å²) in [5, 5.41) is 6.54. The Kier molecular flexibility index (Phi) is 4.75. The van der Waals surface area contributed by atoms with Crippen molar-refractivity contribution in [2.45, 2.75) is 63.3 Å². The third kappa shape index (κ3) is 3.79. The Morgan fingerprint density at radius 2 is 1.94 bits per heavy atom. The zero-order chi connectivity index (χ0) is 21.8. The molecule has 10 heteroatoms. The number of halogens is 3. The minimum Gasteiger partial charge on any atom is -0.351 e. The lowest BCUT2D eigenvalue weighted by Gasteiger charge is -2.38. The first-order valence-electron chi connectivity index (χ1n) is 10.5. The van der Waals surface area contributed by atoms with Crippen LogP contribution in [0.1, 0.15) is 60.3 Å². The summed E-state index contributed by atoms with van der Waals surface area (Å²) >= 11 is 0. The van der Waals surface area contributed by atoms with Gasteiger partial charge in [-0.05, 0) is 37.3 Å². The van der Waals surface area contributed by atoms with Crippen LogP contribution in [0.15, 0.2) is 22.7 Å². The van der Waals surface area contributed by atoms with Gasteiger partial charge < -0.3 is 14.7 Å². The van der Waals surface area contributed by atoms with E-state index in [0.29, 0.717) is 12.1 Å². The van der Waals surface area contributed by atoms with E-state index >= 15 is 0 Å². The van der Waals surface area contributed by atoms with Crippen molar-refractivity contribution in [2.24, 2.45) is 5.92 Å². The molecule has 1 N–H and O–H groups in total. The van der Waals surface area contributed by atoms with Crippen LogP contribution in [0, 0.1) is 5.92 Å². The Morgan fingerprint density at radius 3 is 2.65 bits per heavy atom. The number of carbonyl (C=O) groups is 2. The first kappa shape index (κ1) is 20.0. The second kappa shape index (κ2) is 7.35. The Morgan fingerprint density at radius 1 is 1.16 bits per heavy atom. The van der Waals surface area contributed by atoms with Crippen molar-refractivity contribution in [3.63, 3.8) is 0 Å². The zero-order valence-electron chi connectivity index (χ0n) is 16.6. The van der Waals surface area contributed by atoms with Crippen LogP contribution >= 0.6 is 0 Å². The molecule has 2 saturated carbocycles. The fraction of sp³-hybridized carbons (Fsp3) is 0.524. The van der Waals surface area contributed by atoms with Gasteiger partial charge in [0, 0.05) is 29.6 Å². The summed E-state index contributed by atoms with van der Waals surface area (Å²) in [6, 6.07) is 4.65. The van der Waals surface area contributed by atoms with E-state index in [9.17, 15) is 22.8 Å². The molecule has 2 aromatic rings. The molecule has 2 fully saturated rings. The number of amides is 2. The number of carbonyl (C=O) groups excluding carboxylic acids is 2. The molecule has 0 saturated heterocycles. The lowest BCUT2D eigenvalue weighted by Crippen LogP contribution is -2.53. The SMILES string of the molecule is O=C(N[C@@H]1CCCC[C@H]1N1Cc2ccc(-c3noc(C(F)(F)F)n3)cc2C1=O)C1CC1. The van der Waals surface area contributed by atoms with Crippen LogP contribution in [-0.2, 0) is 17.5 Å². The minimum absolute atomic E-state index is 0.0703. The Labute approximate surface area is 176 Å². The second-order valence-electron chi connectivity index (χ2n) is 8.47. The van der Waals surface area contributed by atoms with Crippen molar-refractivity contribution in [1.82, 2.24) is 20.4 Å². The van der Waals surface area contributed by atoms with Gasteiger partial charge in [-0.2, -0.15) is 18.2 Å². The first-order valence-corrected chi connectivity index (χ1v) is 10.5. The maximum atomic E-state index is 13.2. The Bertz CT molecular complexity index is 1030. The third-order valence-electron chi connectivity index (χ3n) is 6.27. The van der Waals surface area contributed by atoms with Crippen LogP contribution in [-0.4, -0.2) is 38.9 Å². The van der Waals surface area contributed by atoms with Gasteiger partial charge in [0.25, 0.3) is 5.91 Å². The molecule has 0 bridgehead atoms. The van der Waals surface area contributed by atoms with Crippen molar-refractivity contribution < 1.29 is 27.3 Å². The van der Waals surface area contributed by atoms with Crippen LogP contribution in [0.2, 0.25) is 0 Å². The van der Waals surface area contributed by atoms with Gasteiger partial charge in [0.2, 0.25) is 11.7 Å². The number of nitrogens with one attached hydrogen (secondary N) is 1. The highest BCUT2D eigenvalue weighted by molar-refractivity contribution is 5.99. The van der Waals surface area contributed by atoms with Gasteiger partial charge in [-0.1, -0.05) is 30.1 Å². The largest absolute Gasteiger partial charge is 0.471 e. The predicted octanol–water partition coefficient (Wildman–Crippen LogP) is 3.55. The van der Waals surface area contributed by atoms with Gasteiger partial charge >= 0.3 is 12.1 Å². The quantitative estimate of drug-likeness (QED) is 0.795. The van der Waals surface area contributed by atoms with E-state index in [1.54, 1.807) is 17.0 Å². The molecule has 0 spiro atoms. The van der Waals surface area contributed by atoms with Gasteiger partial charge in [0.15, 0.2) is 0 Å². The zero-order valence-corrected chi connectivity index (χ0v) is 16.6. The second-order valence-corrected chi connectivity index (χ2v) is 8.47. The number of hydrogen-bond acceptors (Lipinski definition) is 5. The highest BCUT2D eigenvalue weighted by Gasteiger charge is 2.41. The highest BCUT2D eigenvalue weighted by atomic mass is 19.4. The van der Waals surface area contributed by atoms with Crippen LogP contribution in [0.4, 0.5) is 13.2 Å². The molecule has 31 heavy (non-hydrogen) atoms. The number of fused-ring (bicyclic) bond motifs is 1. The van der Waals surface area contributed by atoms with Crippen molar-refractivity contribution in [1.29, 1.82) is 0 Å². The molecular formula is C21H21F3N4O3. The molecule has 0 radical (unpaired) electrons. The maximum absolute atomic E-state index is 13.2. The van der Waals surface area contributed by atoms with E-state index in [1.807, 2.05) is 0 Å².